The summed E-state index contributed by atoms with van der Waals surface area (Å²) in [4.78, 5) is 30.4. The molecule has 1 aliphatic rings. The summed E-state index contributed by atoms with van der Waals surface area (Å²) in [6.07, 6.45) is 0.783. The van der Waals surface area contributed by atoms with Crippen LogP contribution in [0.25, 0.3) is 5.69 Å². The van der Waals surface area contributed by atoms with Crippen LogP contribution in [-0.4, -0.2) is 33.1 Å². The Bertz CT molecular complexity index is 847. The van der Waals surface area contributed by atoms with Crippen molar-refractivity contribution in [1.82, 2.24) is 9.55 Å². The number of carbonyl (C=O) groups is 1. The van der Waals surface area contributed by atoms with E-state index in [0.717, 1.165) is 29.1 Å². The number of esters is 1. The first-order valence-corrected chi connectivity index (χ1v) is 10.1. The van der Waals surface area contributed by atoms with Crippen LogP contribution < -0.4 is 5.56 Å². The highest BCUT2D eigenvalue weighted by Gasteiger charge is 2.25. The lowest BCUT2D eigenvalue weighted by Crippen LogP contribution is -2.26. The minimum atomic E-state index is -0.435. The molecule has 0 N–H and O–H groups in total. The van der Waals surface area contributed by atoms with Gasteiger partial charge in [-0.05, 0) is 32.9 Å². The third-order valence-corrected chi connectivity index (χ3v) is 6.00. The van der Waals surface area contributed by atoms with E-state index in [1.54, 1.807) is 30.2 Å². The standard InChI is InChI=1S/C18H20N2O3S2/c1-4-23-17(22)12(3)25-18-19-14-9-10-24-15(14)16(21)20(18)13-7-5-11(2)6-8-13/h5-8,12H,4,9-10H2,1-3H3. The smallest absolute Gasteiger partial charge is 0.319 e. The van der Waals surface area contributed by atoms with Crippen molar-refractivity contribution in [3.8, 4) is 5.69 Å². The minimum Gasteiger partial charge on any atom is -0.465 e. The van der Waals surface area contributed by atoms with Gasteiger partial charge >= 0.3 is 5.97 Å². The fourth-order valence-corrected chi connectivity index (χ4v) is 4.52. The zero-order valence-electron chi connectivity index (χ0n) is 14.4. The number of thioether (sulfide) groups is 2. The number of hydrogen-bond acceptors (Lipinski definition) is 6. The molecule has 0 saturated heterocycles. The van der Waals surface area contributed by atoms with Gasteiger partial charge < -0.3 is 4.74 Å². The maximum Gasteiger partial charge on any atom is 0.319 e. The summed E-state index contributed by atoms with van der Waals surface area (Å²) >= 11 is 2.82. The van der Waals surface area contributed by atoms with Crippen molar-refractivity contribution in [2.75, 3.05) is 12.4 Å². The molecule has 0 radical (unpaired) electrons. The third kappa shape index (κ3) is 3.77. The largest absolute Gasteiger partial charge is 0.465 e. The zero-order valence-corrected chi connectivity index (χ0v) is 16.1. The second-order valence-electron chi connectivity index (χ2n) is 5.76. The van der Waals surface area contributed by atoms with E-state index in [4.69, 9.17) is 9.72 Å². The monoisotopic (exact) mass is 376 g/mol. The molecule has 0 fully saturated rings. The van der Waals surface area contributed by atoms with E-state index in [0.29, 0.717) is 16.7 Å². The van der Waals surface area contributed by atoms with Crippen LogP contribution in [0.5, 0.6) is 0 Å². The van der Waals surface area contributed by atoms with Crippen LogP contribution in [0, 0.1) is 6.92 Å². The predicted molar refractivity (Wildman–Crippen MR) is 101 cm³/mol. The summed E-state index contributed by atoms with van der Waals surface area (Å²) in [5, 5.41) is 0.103. The van der Waals surface area contributed by atoms with Gasteiger partial charge in [0.15, 0.2) is 5.16 Å². The fraction of sp³-hybridized carbons (Fsp3) is 0.389. The molecule has 132 valence electrons. The summed E-state index contributed by atoms with van der Waals surface area (Å²) in [6.45, 7) is 5.89. The summed E-state index contributed by atoms with van der Waals surface area (Å²) in [5.74, 6) is 0.569. The zero-order chi connectivity index (χ0) is 18.0. The van der Waals surface area contributed by atoms with Crippen LogP contribution in [0.3, 0.4) is 0 Å². The van der Waals surface area contributed by atoms with Crippen molar-refractivity contribution in [3.05, 3.63) is 45.9 Å². The third-order valence-electron chi connectivity index (χ3n) is 3.86. The molecule has 1 unspecified atom stereocenters. The van der Waals surface area contributed by atoms with Gasteiger partial charge in [-0.3, -0.25) is 14.2 Å². The number of nitrogens with zero attached hydrogens (tertiary/aromatic N) is 2. The second kappa shape index (κ2) is 7.66. The van der Waals surface area contributed by atoms with E-state index >= 15 is 0 Å². The molecular formula is C18H20N2O3S2. The molecule has 0 saturated carbocycles. The molecular weight excluding hydrogens is 356 g/mol. The van der Waals surface area contributed by atoms with Crippen LogP contribution >= 0.6 is 23.5 Å². The van der Waals surface area contributed by atoms with E-state index < -0.39 is 5.25 Å². The number of rotatable bonds is 5. The van der Waals surface area contributed by atoms with Gasteiger partial charge in [0.2, 0.25) is 0 Å². The van der Waals surface area contributed by atoms with Crippen LogP contribution in [0.1, 0.15) is 25.1 Å². The average Bonchev–Trinajstić information content (AvgIpc) is 3.05. The predicted octanol–water partition coefficient (Wildman–Crippen LogP) is 3.23. The first kappa shape index (κ1) is 18.1. The summed E-state index contributed by atoms with van der Waals surface area (Å²) in [7, 11) is 0. The van der Waals surface area contributed by atoms with Crippen LogP contribution in [0.4, 0.5) is 0 Å². The Labute approximate surface area is 155 Å². The SMILES string of the molecule is CCOC(=O)C(C)Sc1nc2c(c(=O)n1-c1ccc(C)cc1)SCC2. The highest BCUT2D eigenvalue weighted by molar-refractivity contribution is 8.00. The van der Waals surface area contributed by atoms with Gasteiger partial charge in [0.25, 0.3) is 5.56 Å². The number of aromatic nitrogens is 2. The number of aryl methyl sites for hydroxylation is 2. The first-order valence-electron chi connectivity index (χ1n) is 8.20. The Hall–Kier alpha value is -1.73. The van der Waals surface area contributed by atoms with Crippen molar-refractivity contribution in [3.63, 3.8) is 0 Å². The molecule has 0 aliphatic carbocycles. The molecule has 25 heavy (non-hydrogen) atoms. The van der Waals surface area contributed by atoms with Gasteiger partial charge in [-0.25, -0.2) is 4.98 Å². The fourth-order valence-electron chi connectivity index (χ4n) is 2.56. The van der Waals surface area contributed by atoms with Gasteiger partial charge in [-0.2, -0.15) is 0 Å². The molecule has 2 aromatic rings. The number of carbonyl (C=O) groups excluding carboxylic acids is 1. The molecule has 1 aromatic heterocycles. The van der Waals surface area contributed by atoms with Crippen molar-refractivity contribution in [2.24, 2.45) is 0 Å². The van der Waals surface area contributed by atoms with Crippen LogP contribution in [-0.2, 0) is 16.0 Å². The van der Waals surface area contributed by atoms with Gasteiger partial charge in [-0.15, -0.1) is 11.8 Å². The Morgan fingerprint density at radius 1 is 1.40 bits per heavy atom. The molecule has 0 bridgehead atoms. The van der Waals surface area contributed by atoms with Gasteiger partial charge in [0.1, 0.15) is 5.25 Å². The van der Waals surface area contributed by atoms with Crippen LogP contribution in [0.15, 0.2) is 39.1 Å². The van der Waals surface area contributed by atoms with Gasteiger partial charge in [-0.1, -0.05) is 29.5 Å². The molecule has 0 amide bonds. The molecule has 2 heterocycles. The molecule has 7 heteroatoms. The molecule has 0 spiro atoms. The molecule has 5 nitrogen and oxygen atoms in total. The Balaban J connectivity index is 2.07. The summed E-state index contributed by atoms with van der Waals surface area (Å²) < 4.78 is 6.69. The van der Waals surface area contributed by atoms with Gasteiger partial charge in [0, 0.05) is 12.2 Å². The second-order valence-corrected chi connectivity index (χ2v) is 8.17. The molecule has 3 rings (SSSR count). The van der Waals surface area contributed by atoms with Crippen molar-refractivity contribution >= 4 is 29.5 Å². The van der Waals surface area contributed by atoms with E-state index in [9.17, 15) is 9.59 Å². The lowest BCUT2D eigenvalue weighted by Gasteiger charge is -2.16. The van der Waals surface area contributed by atoms with Crippen molar-refractivity contribution in [1.29, 1.82) is 0 Å². The van der Waals surface area contributed by atoms with Crippen LogP contribution in [0.2, 0.25) is 0 Å². The maximum atomic E-state index is 13.0. The van der Waals surface area contributed by atoms with Crippen molar-refractivity contribution < 1.29 is 9.53 Å². The normalized spacial score (nSPS) is 14.2. The average molecular weight is 377 g/mol. The topological polar surface area (TPSA) is 61.2 Å². The number of ether oxygens (including phenoxy) is 1. The lowest BCUT2D eigenvalue weighted by atomic mass is 10.2. The Morgan fingerprint density at radius 2 is 2.12 bits per heavy atom. The molecule has 1 atom stereocenters. The van der Waals surface area contributed by atoms with E-state index in [1.807, 2.05) is 31.2 Å². The lowest BCUT2D eigenvalue weighted by molar-refractivity contribution is -0.142. The number of hydrogen-bond donors (Lipinski definition) is 0. The maximum absolute atomic E-state index is 13.0. The summed E-state index contributed by atoms with van der Waals surface area (Å²) in [6, 6.07) is 7.74. The number of benzene rings is 1. The highest BCUT2D eigenvalue weighted by atomic mass is 32.2. The molecule has 1 aliphatic heterocycles. The van der Waals surface area contributed by atoms with E-state index in [1.165, 1.54) is 11.8 Å². The first-order chi connectivity index (χ1) is 12.0. The number of fused-ring (bicyclic) bond motifs is 1. The van der Waals surface area contributed by atoms with E-state index in [2.05, 4.69) is 0 Å². The van der Waals surface area contributed by atoms with Crippen molar-refractivity contribution in [2.45, 2.75) is 42.5 Å². The van der Waals surface area contributed by atoms with Gasteiger partial charge in [0.05, 0.1) is 22.9 Å². The Kier molecular flexibility index (Phi) is 5.54. The quantitative estimate of drug-likeness (QED) is 0.454. The minimum absolute atomic E-state index is 0.0603. The highest BCUT2D eigenvalue weighted by Crippen LogP contribution is 2.31. The summed E-state index contributed by atoms with van der Waals surface area (Å²) in [5.41, 5.74) is 2.65. The Morgan fingerprint density at radius 3 is 2.80 bits per heavy atom. The van der Waals surface area contributed by atoms with E-state index in [-0.39, 0.29) is 11.5 Å². The molecule has 1 aromatic carbocycles.